The number of aliphatic hydroxyl groups is 1. The summed E-state index contributed by atoms with van der Waals surface area (Å²) in [6, 6.07) is 10.9. The van der Waals surface area contributed by atoms with Crippen molar-refractivity contribution in [1.82, 2.24) is 20.0 Å². The third-order valence-corrected chi connectivity index (χ3v) is 11.1. The lowest BCUT2D eigenvalue weighted by atomic mass is 9.83. The highest BCUT2D eigenvalue weighted by Gasteiger charge is 2.56. The number of hydrogen-bond acceptors (Lipinski definition) is 17. The number of sulfonamides is 1. The van der Waals surface area contributed by atoms with E-state index < -0.39 is 28.0 Å². The number of benzene rings is 2. The van der Waals surface area contributed by atoms with Gasteiger partial charge in [-0.1, -0.05) is 5.16 Å². The van der Waals surface area contributed by atoms with Crippen molar-refractivity contribution in [2.24, 2.45) is 16.6 Å². The van der Waals surface area contributed by atoms with Crippen molar-refractivity contribution in [3.63, 3.8) is 0 Å². The number of aliphatic hydroxyl groups excluding tert-OH is 1. The molecule has 0 bridgehead atoms. The molecule has 11 N–H and O–H groups in total. The van der Waals surface area contributed by atoms with Crippen LogP contribution < -0.4 is 41.9 Å². The lowest BCUT2D eigenvalue weighted by Crippen LogP contribution is -2.61. The molecule has 2 aliphatic heterocycles. The lowest BCUT2D eigenvalue weighted by molar-refractivity contribution is -0.161. The molecule has 4 aromatic rings. The Morgan fingerprint density at radius 1 is 1.12 bits per heavy atom. The second-order valence-corrected chi connectivity index (χ2v) is 15.4. The molecule has 2 aliphatic rings. The summed E-state index contributed by atoms with van der Waals surface area (Å²) in [5, 5.41) is 22.4. The number of ether oxygens (including phenoxy) is 3. The topological polar surface area (TPSA) is 320 Å². The van der Waals surface area contributed by atoms with Crippen molar-refractivity contribution in [3.8, 4) is 17.2 Å². The summed E-state index contributed by atoms with van der Waals surface area (Å²) < 4.78 is 46.8. The van der Waals surface area contributed by atoms with E-state index in [1.54, 1.807) is 41.4 Å². The van der Waals surface area contributed by atoms with Gasteiger partial charge in [0.2, 0.25) is 17.6 Å². The Labute approximate surface area is 338 Å². The van der Waals surface area contributed by atoms with Crippen molar-refractivity contribution >= 4 is 63.3 Å². The number of nitrogens with two attached hydrogens (primary N) is 4. The normalized spacial score (nSPS) is 16.3. The van der Waals surface area contributed by atoms with E-state index in [2.05, 4.69) is 24.8 Å². The van der Waals surface area contributed by atoms with Crippen molar-refractivity contribution < 1.29 is 47.0 Å². The number of aromatic nitrogens is 3. The Hall–Kier alpha value is -6.26. The summed E-state index contributed by atoms with van der Waals surface area (Å²) in [6.07, 6.45) is 3.08. The van der Waals surface area contributed by atoms with Gasteiger partial charge in [-0.2, -0.15) is 4.98 Å². The van der Waals surface area contributed by atoms with Crippen LogP contribution in [0.5, 0.6) is 17.2 Å². The van der Waals surface area contributed by atoms with Crippen LogP contribution in [0.4, 0.5) is 23.3 Å². The fraction of sp³-hybridized carbons (Fsp3) is 0.333. The molecule has 0 aliphatic carbocycles. The summed E-state index contributed by atoms with van der Waals surface area (Å²) in [6.45, 7) is 3.73. The van der Waals surface area contributed by atoms with Crippen molar-refractivity contribution in [2.75, 3.05) is 55.6 Å². The smallest absolute Gasteiger partial charge is 0.353 e. The first kappa shape index (κ1) is 44.5. The number of fused-ring (bicyclic) bond motifs is 1. The molecule has 0 saturated carbocycles. The predicted molar refractivity (Wildman–Crippen MR) is 218 cm³/mol. The van der Waals surface area contributed by atoms with Gasteiger partial charge in [-0.05, 0) is 55.8 Å². The van der Waals surface area contributed by atoms with Gasteiger partial charge in [-0.3, -0.25) is 14.5 Å². The van der Waals surface area contributed by atoms with E-state index in [1.807, 2.05) is 12.1 Å². The van der Waals surface area contributed by atoms with Crippen LogP contribution in [0, 0.1) is 12.8 Å². The molecular weight excluding hydrogens is 797 g/mol. The number of amides is 1. The van der Waals surface area contributed by atoms with E-state index in [0.717, 1.165) is 11.1 Å². The zero-order valence-corrected chi connectivity index (χ0v) is 33.9. The first-order valence-corrected chi connectivity index (χ1v) is 19.8. The van der Waals surface area contributed by atoms with Crippen molar-refractivity contribution in [3.05, 3.63) is 76.2 Å². The Bertz CT molecular complexity index is 2220. The number of nitrogen functional groups attached to an aromatic ring is 3. The van der Waals surface area contributed by atoms with Crippen LogP contribution >= 0.6 is 11.8 Å². The van der Waals surface area contributed by atoms with Gasteiger partial charge < -0.3 is 56.8 Å². The highest BCUT2D eigenvalue weighted by Crippen LogP contribution is 2.47. The molecule has 4 heterocycles. The fourth-order valence-electron chi connectivity index (χ4n) is 5.94. The zero-order valence-electron chi connectivity index (χ0n) is 32.3. The Morgan fingerprint density at radius 3 is 2.29 bits per heavy atom. The predicted octanol–water partition coefficient (Wildman–Crippen LogP) is 2.24. The molecule has 0 spiro atoms. The monoisotopic (exact) mass is 842 g/mol. The van der Waals surface area contributed by atoms with Gasteiger partial charge in [0.25, 0.3) is 10.0 Å². The summed E-state index contributed by atoms with van der Waals surface area (Å²) in [4.78, 5) is 37.1. The van der Waals surface area contributed by atoms with Crippen LogP contribution in [0.15, 0.2) is 73.7 Å². The number of β-lactam (4-membered cyclic amide) rings is 1. The number of carbonyl (C=O) groups is 2. The number of carboxylic acid groups (broad SMARTS) is 1. The van der Waals surface area contributed by atoms with Crippen LogP contribution in [0.25, 0.3) is 0 Å². The largest absolute Gasteiger partial charge is 0.493 e. The number of methoxy groups -OCH3 is 3. The number of nitrogens with one attached hydrogen (secondary N) is 1. The van der Waals surface area contributed by atoms with Crippen LogP contribution in [0.1, 0.15) is 30.2 Å². The maximum absolute atomic E-state index is 11.9. The molecule has 6 rings (SSSR count). The maximum Gasteiger partial charge on any atom is 0.353 e. The highest BCUT2D eigenvalue weighted by atomic mass is 32.2. The van der Waals surface area contributed by atoms with Crippen LogP contribution in [0.3, 0.4) is 0 Å². The van der Waals surface area contributed by atoms with E-state index in [-0.39, 0.29) is 34.3 Å². The average molecular weight is 843 g/mol. The average Bonchev–Trinajstić information content (AvgIpc) is 3.74. The van der Waals surface area contributed by atoms with Gasteiger partial charge in [0.1, 0.15) is 17.3 Å². The highest BCUT2D eigenvalue weighted by molar-refractivity contribution is 8.03. The molecule has 3 atom stereocenters. The molecule has 312 valence electrons. The SMILES string of the molecule is COc1cc(Cc2cnc(N)nc2N)cc(OC)c1OC.C[C@@H](O)[C@H]1C(=O)N2C(C(=O)O)=C(SCCN=CN)C[C@H]12.Cc1cc(NS(=O)(=O)c2ccc(N)cc2)no1. The number of carbonyl (C=O) groups excluding carboxylic acids is 1. The Kier molecular flexibility index (Phi) is 15.1. The lowest BCUT2D eigenvalue weighted by Gasteiger charge is -2.44. The number of aryl methyl sites for hydroxylation is 1. The summed E-state index contributed by atoms with van der Waals surface area (Å²) in [5.74, 6) is 1.61. The number of thioether (sulfide) groups is 1. The summed E-state index contributed by atoms with van der Waals surface area (Å²) in [5.41, 5.74) is 24.2. The Balaban J connectivity index is 0.000000194. The maximum atomic E-state index is 11.9. The molecular formula is C36H46N10O10S2. The Morgan fingerprint density at radius 2 is 1.78 bits per heavy atom. The fourth-order valence-corrected chi connectivity index (χ4v) is 7.98. The third kappa shape index (κ3) is 10.8. The molecule has 1 amide bonds. The van der Waals surface area contributed by atoms with E-state index in [9.17, 15) is 28.2 Å². The minimum absolute atomic E-state index is 0.0543. The first-order chi connectivity index (χ1) is 27.5. The first-order valence-electron chi connectivity index (χ1n) is 17.3. The molecule has 0 radical (unpaired) electrons. The summed E-state index contributed by atoms with van der Waals surface area (Å²) >= 11 is 1.38. The molecule has 2 aromatic heterocycles. The second-order valence-electron chi connectivity index (χ2n) is 12.6. The van der Waals surface area contributed by atoms with Gasteiger partial charge in [-0.25, -0.2) is 18.2 Å². The van der Waals surface area contributed by atoms with Gasteiger partial charge in [0.05, 0.1) is 57.2 Å². The molecule has 1 saturated heterocycles. The second kappa shape index (κ2) is 19.7. The van der Waals surface area contributed by atoms with Gasteiger partial charge in [0.15, 0.2) is 17.3 Å². The zero-order chi connectivity index (χ0) is 42.7. The molecule has 2 aromatic carbocycles. The minimum Gasteiger partial charge on any atom is -0.493 e. The van der Waals surface area contributed by atoms with Gasteiger partial charge >= 0.3 is 5.97 Å². The van der Waals surface area contributed by atoms with Gasteiger partial charge in [0, 0.05) is 47.0 Å². The number of aliphatic imine (C=N–C) groups is 1. The van der Waals surface area contributed by atoms with E-state index >= 15 is 0 Å². The van der Waals surface area contributed by atoms with Crippen LogP contribution in [0.2, 0.25) is 0 Å². The number of carboxylic acids is 1. The van der Waals surface area contributed by atoms with E-state index in [4.69, 9.17) is 41.7 Å². The molecule has 0 unspecified atom stereocenters. The summed E-state index contributed by atoms with van der Waals surface area (Å²) in [7, 11) is 1.06. The standard InChI is InChI=1S/C14H18N4O3.C12H17N3O4S.C10H11N3O3S/c1-19-10-5-8(6-11(20-2)12(10)21-3)4-9-7-17-14(16)18-13(9)15;1-6(16)9-7-4-8(20-3-2-14-5-13)10(12(18)19)15(7)11(9)17;1-7-6-10(12-16-7)13-17(14,15)9-4-2-8(11)3-5-9/h5-7H,4H2,1-3H3,(H4,15,16,17,18);5-7,9,16H,2-4H2,1H3,(H2,13,14)(H,18,19);2-6H,11H2,1H3,(H,12,13)/t;6-,7-,9-;/m.1./s1. The number of rotatable bonds is 14. The number of aliphatic carboxylic acids is 1. The van der Waals surface area contributed by atoms with E-state index in [1.165, 1.54) is 53.3 Å². The van der Waals surface area contributed by atoms with Crippen LogP contribution in [-0.2, 0) is 26.0 Å². The van der Waals surface area contributed by atoms with Crippen molar-refractivity contribution in [1.29, 1.82) is 0 Å². The molecule has 58 heavy (non-hydrogen) atoms. The van der Waals surface area contributed by atoms with Crippen LogP contribution in [-0.4, -0.2) is 103 Å². The molecule has 1 fully saturated rings. The number of anilines is 4. The number of nitrogens with zero attached hydrogens (tertiary/aromatic N) is 5. The molecule has 20 nitrogen and oxygen atoms in total. The number of hydrogen-bond donors (Lipinski definition) is 7. The van der Waals surface area contributed by atoms with Gasteiger partial charge in [-0.15, -0.1) is 11.8 Å². The molecule has 22 heteroatoms. The van der Waals surface area contributed by atoms with E-state index in [0.29, 0.717) is 64.6 Å². The van der Waals surface area contributed by atoms with Crippen molar-refractivity contribution in [2.45, 2.75) is 43.7 Å². The quantitative estimate of drug-likeness (QED) is 0.0315. The minimum atomic E-state index is -3.64. The third-order valence-electron chi connectivity index (χ3n) is 8.59.